The molecule has 2 aromatic heterocycles. The van der Waals surface area contributed by atoms with E-state index in [1.54, 1.807) is 14.2 Å². The van der Waals surface area contributed by atoms with Gasteiger partial charge in [0.15, 0.2) is 11.5 Å². The van der Waals surface area contributed by atoms with Gasteiger partial charge in [0, 0.05) is 18.1 Å². The molecule has 2 heterocycles. The molecule has 0 spiro atoms. The Morgan fingerprint density at radius 1 is 1.07 bits per heavy atom. The van der Waals surface area contributed by atoms with E-state index in [1.165, 1.54) is 0 Å². The number of methoxy groups -OCH3 is 2. The number of amides is 1. The van der Waals surface area contributed by atoms with Crippen molar-refractivity contribution in [1.82, 2.24) is 19.7 Å². The fraction of sp³-hybridized carbons (Fsp3) is 0.227. The van der Waals surface area contributed by atoms with Crippen molar-refractivity contribution < 1.29 is 14.3 Å². The van der Waals surface area contributed by atoms with Crippen LogP contribution in [-0.4, -0.2) is 39.9 Å². The first kappa shape index (κ1) is 19.5. The Balaban J connectivity index is 1.34. The molecule has 0 aliphatic rings. The summed E-state index contributed by atoms with van der Waals surface area (Å²) in [6.45, 7) is 0.197. The molecule has 0 saturated heterocycles. The largest absolute Gasteiger partial charge is 0.493 e. The molecule has 0 aliphatic carbocycles. The lowest BCUT2D eigenvalue weighted by molar-refractivity contribution is -0.116. The Morgan fingerprint density at radius 3 is 2.73 bits per heavy atom. The van der Waals surface area contributed by atoms with Crippen molar-refractivity contribution in [1.29, 1.82) is 0 Å². The number of para-hydroxylation sites is 1. The summed E-state index contributed by atoms with van der Waals surface area (Å²) in [5.74, 6) is 2.19. The monoisotopic (exact) mass is 405 g/mol. The number of nitrogens with one attached hydrogen (secondary N) is 2. The van der Waals surface area contributed by atoms with Crippen molar-refractivity contribution in [2.45, 2.75) is 19.4 Å². The van der Waals surface area contributed by atoms with E-state index in [-0.39, 0.29) is 18.4 Å². The van der Waals surface area contributed by atoms with Crippen LogP contribution in [0.5, 0.6) is 11.5 Å². The van der Waals surface area contributed by atoms with Gasteiger partial charge in [-0.05, 0) is 41.6 Å². The Kier molecular flexibility index (Phi) is 5.65. The van der Waals surface area contributed by atoms with Crippen LogP contribution in [0.1, 0.15) is 11.4 Å². The van der Waals surface area contributed by atoms with E-state index in [2.05, 4.69) is 20.5 Å². The topological polar surface area (TPSA) is 94.1 Å². The number of anilines is 1. The van der Waals surface area contributed by atoms with Crippen LogP contribution in [0.3, 0.4) is 0 Å². The molecule has 0 saturated carbocycles. The van der Waals surface area contributed by atoms with E-state index in [0.717, 1.165) is 22.9 Å². The average Bonchev–Trinajstić information content (AvgIpc) is 3.39. The maximum Gasteiger partial charge on any atom is 0.248 e. The smallest absolute Gasteiger partial charge is 0.248 e. The third-order valence-electron chi connectivity index (χ3n) is 4.88. The highest BCUT2D eigenvalue weighted by Crippen LogP contribution is 2.28. The van der Waals surface area contributed by atoms with Crippen LogP contribution in [-0.2, 0) is 24.2 Å². The van der Waals surface area contributed by atoms with Gasteiger partial charge >= 0.3 is 0 Å². The van der Waals surface area contributed by atoms with Crippen LogP contribution in [0.15, 0.2) is 54.7 Å². The van der Waals surface area contributed by atoms with Gasteiger partial charge in [0.05, 0.1) is 14.2 Å². The van der Waals surface area contributed by atoms with Crippen LogP contribution in [0.2, 0.25) is 0 Å². The first-order valence-electron chi connectivity index (χ1n) is 9.62. The molecule has 0 unspecified atom stereocenters. The van der Waals surface area contributed by atoms with Crippen LogP contribution in [0, 0.1) is 0 Å². The Hall–Kier alpha value is -3.81. The van der Waals surface area contributed by atoms with Gasteiger partial charge in [-0.1, -0.05) is 24.3 Å². The summed E-state index contributed by atoms with van der Waals surface area (Å²) in [5.41, 5.74) is 2.10. The molecular weight excluding hydrogens is 382 g/mol. The molecule has 8 heteroatoms. The van der Waals surface area contributed by atoms with E-state index in [1.807, 2.05) is 59.3 Å². The second-order valence-corrected chi connectivity index (χ2v) is 6.85. The molecule has 0 fully saturated rings. The zero-order valence-corrected chi connectivity index (χ0v) is 16.9. The minimum Gasteiger partial charge on any atom is -0.493 e. The maximum atomic E-state index is 12.4. The number of ether oxygens (including phenoxy) is 2. The number of nitrogens with zero attached hydrogens (tertiary/aromatic N) is 3. The average molecular weight is 405 g/mol. The highest BCUT2D eigenvalue weighted by atomic mass is 16.5. The summed E-state index contributed by atoms with van der Waals surface area (Å²) in [5, 5.41) is 10.8. The molecule has 2 aromatic carbocycles. The van der Waals surface area contributed by atoms with Gasteiger partial charge in [0.2, 0.25) is 11.9 Å². The number of fused-ring (bicyclic) bond motifs is 1. The van der Waals surface area contributed by atoms with E-state index < -0.39 is 0 Å². The number of carbonyl (C=O) groups is 1. The van der Waals surface area contributed by atoms with E-state index >= 15 is 0 Å². The van der Waals surface area contributed by atoms with E-state index in [0.29, 0.717) is 23.7 Å². The number of aromatic amines is 1. The van der Waals surface area contributed by atoms with Crippen LogP contribution in [0.25, 0.3) is 10.9 Å². The summed E-state index contributed by atoms with van der Waals surface area (Å²) in [6.07, 6.45) is 3.30. The van der Waals surface area contributed by atoms with E-state index in [4.69, 9.17) is 9.47 Å². The summed E-state index contributed by atoms with van der Waals surface area (Å²) < 4.78 is 12.5. The molecule has 4 aromatic rings. The van der Waals surface area contributed by atoms with Gasteiger partial charge in [-0.15, -0.1) is 5.10 Å². The summed E-state index contributed by atoms with van der Waals surface area (Å²) in [6, 6.07) is 15.7. The first-order chi connectivity index (χ1) is 14.7. The number of benzene rings is 2. The highest BCUT2D eigenvalue weighted by molar-refractivity contribution is 5.90. The lowest BCUT2D eigenvalue weighted by atomic mass is 10.1. The Morgan fingerprint density at radius 2 is 1.90 bits per heavy atom. The predicted molar refractivity (Wildman–Crippen MR) is 114 cm³/mol. The van der Waals surface area contributed by atoms with Crippen LogP contribution in [0.4, 0.5) is 5.95 Å². The van der Waals surface area contributed by atoms with Crippen LogP contribution >= 0.6 is 0 Å². The van der Waals surface area contributed by atoms with Crippen molar-refractivity contribution in [2.75, 3.05) is 19.5 Å². The summed E-state index contributed by atoms with van der Waals surface area (Å²) in [4.78, 5) is 16.8. The molecule has 30 heavy (non-hydrogen) atoms. The Bertz CT molecular complexity index is 1160. The lowest BCUT2D eigenvalue weighted by Gasteiger charge is -2.09. The van der Waals surface area contributed by atoms with Gasteiger partial charge in [0.1, 0.15) is 12.4 Å². The number of rotatable bonds is 8. The number of hydrogen-bond acceptors (Lipinski definition) is 5. The van der Waals surface area contributed by atoms with Crippen molar-refractivity contribution in [2.24, 2.45) is 0 Å². The third kappa shape index (κ3) is 4.27. The standard InChI is InChI=1S/C22H23N5O3/c1-29-18-9-7-15(13-19(18)30-2)8-10-20-23-22(26-25-20)24-21(28)14-27-12-11-16-5-3-4-6-17(16)27/h3-7,9,11-13H,8,10,14H2,1-2H3,(H2,23,24,25,26,28). The molecule has 0 aliphatic heterocycles. The molecule has 4 rings (SSSR count). The van der Waals surface area contributed by atoms with Gasteiger partial charge in [0.25, 0.3) is 0 Å². The van der Waals surface area contributed by atoms with Gasteiger partial charge < -0.3 is 14.0 Å². The fourth-order valence-electron chi connectivity index (χ4n) is 3.36. The second-order valence-electron chi connectivity index (χ2n) is 6.85. The zero-order valence-electron chi connectivity index (χ0n) is 16.9. The normalized spacial score (nSPS) is 10.9. The van der Waals surface area contributed by atoms with Gasteiger partial charge in [-0.2, -0.15) is 4.98 Å². The summed E-state index contributed by atoms with van der Waals surface area (Å²) in [7, 11) is 3.23. The lowest BCUT2D eigenvalue weighted by Crippen LogP contribution is -2.19. The zero-order chi connectivity index (χ0) is 20.9. The fourth-order valence-corrected chi connectivity index (χ4v) is 3.36. The summed E-state index contributed by atoms with van der Waals surface area (Å²) >= 11 is 0. The van der Waals surface area contributed by atoms with Crippen molar-refractivity contribution in [3.8, 4) is 11.5 Å². The van der Waals surface area contributed by atoms with Gasteiger partial charge in [-0.25, -0.2) is 0 Å². The number of hydrogen-bond donors (Lipinski definition) is 2. The number of aromatic nitrogens is 4. The second kappa shape index (κ2) is 8.69. The first-order valence-corrected chi connectivity index (χ1v) is 9.62. The number of H-pyrrole nitrogens is 1. The maximum absolute atomic E-state index is 12.4. The van der Waals surface area contributed by atoms with Crippen LogP contribution < -0.4 is 14.8 Å². The molecular formula is C22H23N5O3. The quantitative estimate of drug-likeness (QED) is 0.469. The molecule has 8 nitrogen and oxygen atoms in total. The molecule has 0 atom stereocenters. The molecule has 0 radical (unpaired) electrons. The van der Waals surface area contributed by atoms with Crippen molar-refractivity contribution in [3.05, 3.63) is 66.1 Å². The minimum atomic E-state index is -0.179. The number of carbonyl (C=O) groups excluding carboxylic acids is 1. The van der Waals surface area contributed by atoms with E-state index in [9.17, 15) is 4.79 Å². The molecule has 0 bridgehead atoms. The van der Waals surface area contributed by atoms with Crippen molar-refractivity contribution >= 4 is 22.8 Å². The SMILES string of the molecule is COc1ccc(CCc2nc(NC(=O)Cn3ccc4ccccc43)n[nH]2)cc1OC. The molecule has 154 valence electrons. The van der Waals surface area contributed by atoms with Gasteiger partial charge in [-0.3, -0.25) is 15.2 Å². The number of aryl methyl sites for hydroxylation is 2. The molecule has 2 N–H and O–H groups in total. The molecule has 1 amide bonds. The third-order valence-corrected chi connectivity index (χ3v) is 4.88. The Labute approximate surface area is 173 Å². The highest BCUT2D eigenvalue weighted by Gasteiger charge is 2.11. The predicted octanol–water partition coefficient (Wildman–Crippen LogP) is 3.20. The minimum absolute atomic E-state index is 0.179. The van der Waals surface area contributed by atoms with Crippen molar-refractivity contribution in [3.63, 3.8) is 0 Å².